The lowest BCUT2D eigenvalue weighted by atomic mass is 10.1. The lowest BCUT2D eigenvalue weighted by Gasteiger charge is -2.32. The normalized spacial score (nSPS) is 24.3. The van der Waals surface area contributed by atoms with Gasteiger partial charge in [0.1, 0.15) is 0 Å². The van der Waals surface area contributed by atoms with Crippen LogP contribution in [0.2, 0.25) is 0 Å². The van der Waals surface area contributed by atoms with E-state index in [1.54, 1.807) is 7.05 Å². The molecule has 0 amide bonds. The number of alkyl halides is 3. The molecule has 2 saturated heterocycles. The summed E-state index contributed by atoms with van der Waals surface area (Å²) in [5.41, 5.74) is -5.24. The minimum absolute atomic E-state index is 0.101. The van der Waals surface area contributed by atoms with E-state index in [-0.39, 0.29) is 19.1 Å². The van der Waals surface area contributed by atoms with Crippen molar-refractivity contribution in [3.63, 3.8) is 0 Å². The Kier molecular flexibility index (Phi) is 7.75. The molecule has 2 fully saturated rings. The van der Waals surface area contributed by atoms with Crippen molar-refractivity contribution in [3.05, 3.63) is 0 Å². The van der Waals surface area contributed by atoms with Gasteiger partial charge in [-0.1, -0.05) is 6.92 Å². The van der Waals surface area contributed by atoms with E-state index in [4.69, 9.17) is 0 Å². The number of hydrogen-bond donors (Lipinski definition) is 2. The van der Waals surface area contributed by atoms with Gasteiger partial charge in [0.2, 0.25) is 0 Å². The van der Waals surface area contributed by atoms with E-state index in [9.17, 15) is 21.6 Å². The van der Waals surface area contributed by atoms with E-state index in [0.29, 0.717) is 29.0 Å². The second-order valence-corrected chi connectivity index (χ2v) is 9.11. The molecule has 2 aliphatic heterocycles. The van der Waals surface area contributed by atoms with E-state index in [1.807, 2.05) is 0 Å². The Balaban J connectivity index is 1.75. The van der Waals surface area contributed by atoms with Crippen LogP contribution in [-0.2, 0) is 10.0 Å². The van der Waals surface area contributed by atoms with Crippen LogP contribution in [0.15, 0.2) is 4.99 Å². The number of likely N-dealkylation sites (tertiary alicyclic amines) is 1. The largest absolute Gasteiger partial charge is 0.511 e. The highest BCUT2D eigenvalue weighted by atomic mass is 32.2. The Hall–Kier alpha value is -1.07. The first-order chi connectivity index (χ1) is 12.7. The SMILES string of the molecule is CCCN1CCC(CNC(=NC)NC2CCN(S(=O)(=O)C(F)(F)F)CC2)C1. The number of hydrogen-bond acceptors (Lipinski definition) is 4. The highest BCUT2D eigenvalue weighted by molar-refractivity contribution is 7.90. The van der Waals surface area contributed by atoms with Gasteiger partial charge in [-0.15, -0.1) is 0 Å². The molecule has 2 aliphatic rings. The molecule has 0 aromatic carbocycles. The van der Waals surface area contributed by atoms with Gasteiger partial charge >= 0.3 is 15.5 Å². The van der Waals surface area contributed by atoms with E-state index >= 15 is 0 Å². The van der Waals surface area contributed by atoms with Gasteiger partial charge in [-0.25, -0.2) is 8.42 Å². The molecule has 0 aromatic heterocycles. The van der Waals surface area contributed by atoms with E-state index < -0.39 is 15.5 Å². The van der Waals surface area contributed by atoms with Crippen molar-refractivity contribution in [3.8, 4) is 0 Å². The van der Waals surface area contributed by atoms with E-state index in [2.05, 4.69) is 27.4 Å². The number of nitrogens with one attached hydrogen (secondary N) is 2. The number of piperidine rings is 1. The maximum atomic E-state index is 12.6. The predicted molar refractivity (Wildman–Crippen MR) is 98.9 cm³/mol. The first kappa shape index (κ1) is 22.2. The summed E-state index contributed by atoms with van der Waals surface area (Å²) in [7, 11) is -3.58. The lowest BCUT2D eigenvalue weighted by Crippen LogP contribution is -2.52. The van der Waals surface area contributed by atoms with Crippen molar-refractivity contribution < 1.29 is 21.6 Å². The summed E-state index contributed by atoms with van der Waals surface area (Å²) in [6, 6.07) is -0.101. The number of guanidine groups is 1. The minimum atomic E-state index is -5.24. The van der Waals surface area contributed by atoms with Gasteiger partial charge in [0.05, 0.1) is 0 Å². The van der Waals surface area contributed by atoms with Gasteiger partial charge in [-0.05, 0) is 44.7 Å². The standard InChI is InChI=1S/C16H30F3N5O2S/c1-3-7-23-8-4-13(12-23)11-21-15(20-2)22-14-5-9-24(10-6-14)27(25,26)16(17,18)19/h13-14H,3-12H2,1-2H3,(H2,20,21,22). The fraction of sp³-hybridized carbons (Fsp3) is 0.938. The average molecular weight is 414 g/mol. The van der Waals surface area contributed by atoms with Gasteiger partial charge in [-0.2, -0.15) is 17.5 Å². The van der Waals surface area contributed by atoms with E-state index in [0.717, 1.165) is 39.0 Å². The molecule has 2 heterocycles. The lowest BCUT2D eigenvalue weighted by molar-refractivity contribution is -0.0494. The molecule has 0 aliphatic carbocycles. The molecule has 1 atom stereocenters. The Bertz CT molecular complexity index is 604. The van der Waals surface area contributed by atoms with Crippen molar-refractivity contribution in [2.24, 2.45) is 10.9 Å². The van der Waals surface area contributed by atoms with Gasteiger partial charge in [0.15, 0.2) is 5.96 Å². The monoisotopic (exact) mass is 413 g/mol. The van der Waals surface area contributed by atoms with Gasteiger partial charge < -0.3 is 15.5 Å². The van der Waals surface area contributed by atoms with Gasteiger partial charge in [-0.3, -0.25) is 4.99 Å². The summed E-state index contributed by atoms with van der Waals surface area (Å²) in [6.45, 7) is 5.95. The summed E-state index contributed by atoms with van der Waals surface area (Å²) in [6.07, 6.45) is 2.90. The number of sulfonamides is 1. The van der Waals surface area contributed by atoms with Gasteiger partial charge in [0, 0.05) is 39.3 Å². The zero-order chi connectivity index (χ0) is 20.1. The molecule has 0 radical (unpaired) electrons. The first-order valence-corrected chi connectivity index (χ1v) is 10.9. The van der Waals surface area contributed by atoms with Crippen molar-refractivity contribution in [1.82, 2.24) is 19.8 Å². The number of aliphatic imine (C=N–C) groups is 1. The minimum Gasteiger partial charge on any atom is -0.356 e. The van der Waals surface area contributed by atoms with Crippen LogP contribution >= 0.6 is 0 Å². The molecule has 0 saturated carbocycles. The van der Waals surface area contributed by atoms with Crippen LogP contribution in [0.4, 0.5) is 13.2 Å². The molecule has 11 heteroatoms. The molecule has 158 valence electrons. The average Bonchev–Trinajstić information content (AvgIpc) is 3.06. The summed E-state index contributed by atoms with van der Waals surface area (Å²) >= 11 is 0. The molecule has 0 spiro atoms. The smallest absolute Gasteiger partial charge is 0.356 e. The first-order valence-electron chi connectivity index (χ1n) is 9.43. The summed E-state index contributed by atoms with van der Waals surface area (Å²) < 4.78 is 61.3. The molecular weight excluding hydrogens is 383 g/mol. The third-order valence-electron chi connectivity index (χ3n) is 5.12. The highest BCUT2D eigenvalue weighted by Crippen LogP contribution is 2.28. The second-order valence-electron chi connectivity index (χ2n) is 7.18. The number of halogens is 3. The molecule has 0 bridgehead atoms. The molecule has 0 aromatic rings. The third-order valence-corrected chi connectivity index (χ3v) is 6.75. The van der Waals surface area contributed by atoms with E-state index in [1.165, 1.54) is 0 Å². The topological polar surface area (TPSA) is 77.0 Å². The van der Waals surface area contributed by atoms with Gasteiger partial charge in [0.25, 0.3) is 0 Å². The van der Waals surface area contributed by atoms with Crippen LogP contribution in [0.25, 0.3) is 0 Å². The van der Waals surface area contributed by atoms with Crippen LogP contribution in [0.3, 0.4) is 0 Å². The zero-order valence-electron chi connectivity index (χ0n) is 15.9. The maximum absolute atomic E-state index is 12.6. The summed E-state index contributed by atoms with van der Waals surface area (Å²) in [5, 5.41) is 6.49. The molecular formula is C16H30F3N5O2S. The van der Waals surface area contributed by atoms with Crippen LogP contribution < -0.4 is 10.6 Å². The third kappa shape index (κ3) is 5.95. The van der Waals surface area contributed by atoms with Crippen molar-refractivity contribution >= 4 is 16.0 Å². The molecule has 7 nitrogen and oxygen atoms in total. The van der Waals surface area contributed by atoms with Crippen molar-refractivity contribution in [2.45, 2.75) is 44.2 Å². The van der Waals surface area contributed by atoms with Crippen LogP contribution in [0.1, 0.15) is 32.6 Å². The molecule has 2 rings (SSSR count). The predicted octanol–water partition coefficient (Wildman–Crippen LogP) is 1.20. The Morgan fingerprint density at radius 3 is 2.41 bits per heavy atom. The van der Waals surface area contributed by atoms with Crippen molar-refractivity contribution in [2.75, 3.05) is 46.3 Å². The van der Waals surface area contributed by atoms with Crippen LogP contribution in [0.5, 0.6) is 0 Å². The fourth-order valence-corrected chi connectivity index (χ4v) is 4.60. The maximum Gasteiger partial charge on any atom is 0.511 e. The summed E-state index contributed by atoms with van der Waals surface area (Å²) in [4.78, 5) is 6.62. The Morgan fingerprint density at radius 2 is 1.85 bits per heavy atom. The Morgan fingerprint density at radius 1 is 1.19 bits per heavy atom. The fourth-order valence-electron chi connectivity index (χ4n) is 3.61. The molecule has 2 N–H and O–H groups in total. The second kappa shape index (κ2) is 9.42. The van der Waals surface area contributed by atoms with Crippen LogP contribution in [-0.4, -0.2) is 81.4 Å². The Labute approximate surface area is 159 Å². The van der Waals surface area contributed by atoms with Crippen LogP contribution in [0, 0.1) is 5.92 Å². The molecule has 27 heavy (non-hydrogen) atoms. The number of nitrogens with zero attached hydrogens (tertiary/aromatic N) is 3. The highest BCUT2D eigenvalue weighted by Gasteiger charge is 2.50. The van der Waals surface area contributed by atoms with Crippen molar-refractivity contribution in [1.29, 1.82) is 0 Å². The quantitative estimate of drug-likeness (QED) is 0.506. The molecule has 1 unspecified atom stereocenters. The zero-order valence-corrected chi connectivity index (χ0v) is 16.7. The summed E-state index contributed by atoms with van der Waals surface area (Å²) in [5.74, 6) is 1.16. The number of rotatable bonds is 6.